The summed E-state index contributed by atoms with van der Waals surface area (Å²) in [7, 11) is 0. The van der Waals surface area contributed by atoms with Gasteiger partial charge < -0.3 is 10.4 Å². The summed E-state index contributed by atoms with van der Waals surface area (Å²) < 4.78 is 0. The van der Waals surface area contributed by atoms with Gasteiger partial charge in [-0.25, -0.2) is 0 Å². The molecule has 0 aliphatic heterocycles. The van der Waals surface area contributed by atoms with Crippen LogP contribution in [-0.2, 0) is 4.79 Å². The molecule has 2 N–H and O–H groups in total. The molecule has 0 aromatic heterocycles. The second-order valence-corrected chi connectivity index (χ2v) is 5.67. The fraction of sp³-hybridized carbons (Fsp3) is 0.615. The van der Waals surface area contributed by atoms with E-state index in [1.165, 1.54) is 6.08 Å². The topological polar surface area (TPSA) is 49.3 Å². The second kappa shape index (κ2) is 6.87. The third-order valence-electron chi connectivity index (χ3n) is 2.93. The number of carbonyl (C=O) groups is 1. The average Bonchev–Trinajstić information content (AvgIpc) is 2.32. The Bertz CT molecular complexity index is 315. The maximum absolute atomic E-state index is 11.4. The SMILES string of the molecule is CC=C/C=C/C(=O)NCC1(O)CCC1SCC. The van der Waals surface area contributed by atoms with E-state index in [9.17, 15) is 9.90 Å². The van der Waals surface area contributed by atoms with Crippen LogP contribution >= 0.6 is 11.8 Å². The van der Waals surface area contributed by atoms with Crippen molar-refractivity contribution in [2.24, 2.45) is 0 Å². The predicted octanol–water partition coefficient (Wildman–Crippen LogP) is 1.88. The van der Waals surface area contributed by atoms with Crippen molar-refractivity contribution in [2.75, 3.05) is 12.3 Å². The quantitative estimate of drug-likeness (QED) is 0.563. The molecule has 3 nitrogen and oxygen atoms in total. The molecule has 0 aromatic carbocycles. The summed E-state index contributed by atoms with van der Waals surface area (Å²) in [5.74, 6) is 0.853. The first kappa shape index (κ1) is 14.3. The highest BCUT2D eigenvalue weighted by Crippen LogP contribution is 2.40. The Kier molecular flexibility index (Phi) is 5.78. The number of aliphatic hydroxyl groups is 1. The Morgan fingerprint density at radius 2 is 2.35 bits per heavy atom. The molecule has 17 heavy (non-hydrogen) atoms. The van der Waals surface area contributed by atoms with Crippen molar-refractivity contribution in [3.63, 3.8) is 0 Å². The molecular weight excluding hydrogens is 234 g/mol. The van der Waals surface area contributed by atoms with Crippen LogP contribution in [0, 0.1) is 0 Å². The summed E-state index contributed by atoms with van der Waals surface area (Å²) in [5.41, 5.74) is -0.704. The van der Waals surface area contributed by atoms with Crippen molar-refractivity contribution in [1.29, 1.82) is 0 Å². The van der Waals surface area contributed by atoms with Gasteiger partial charge in [-0.15, -0.1) is 0 Å². The minimum atomic E-state index is -0.704. The van der Waals surface area contributed by atoms with Crippen LogP contribution in [0.15, 0.2) is 24.3 Å². The Morgan fingerprint density at radius 1 is 1.59 bits per heavy atom. The van der Waals surface area contributed by atoms with Crippen molar-refractivity contribution < 1.29 is 9.90 Å². The maximum atomic E-state index is 11.4. The fourth-order valence-electron chi connectivity index (χ4n) is 1.79. The Morgan fingerprint density at radius 3 is 2.88 bits per heavy atom. The second-order valence-electron chi connectivity index (χ2n) is 4.19. The van der Waals surface area contributed by atoms with E-state index in [0.717, 1.165) is 18.6 Å². The van der Waals surface area contributed by atoms with Gasteiger partial charge in [0.15, 0.2) is 0 Å². The molecule has 2 atom stereocenters. The van der Waals surface area contributed by atoms with Gasteiger partial charge >= 0.3 is 0 Å². The number of hydrogen-bond donors (Lipinski definition) is 2. The normalized spacial score (nSPS) is 28.5. The van der Waals surface area contributed by atoms with Crippen LogP contribution in [-0.4, -0.2) is 34.2 Å². The van der Waals surface area contributed by atoms with Gasteiger partial charge in [0, 0.05) is 17.9 Å². The molecule has 0 spiro atoms. The molecule has 4 heteroatoms. The first-order valence-corrected chi connectivity index (χ1v) is 7.08. The molecule has 96 valence electrons. The van der Waals surface area contributed by atoms with E-state index in [2.05, 4.69) is 12.2 Å². The molecule has 1 saturated carbocycles. The van der Waals surface area contributed by atoms with Crippen molar-refractivity contribution in [2.45, 2.75) is 37.5 Å². The summed E-state index contributed by atoms with van der Waals surface area (Å²) in [5, 5.41) is 13.3. The third-order valence-corrected chi connectivity index (χ3v) is 4.34. The monoisotopic (exact) mass is 255 g/mol. The molecule has 1 amide bonds. The highest BCUT2D eigenvalue weighted by atomic mass is 32.2. The highest BCUT2D eigenvalue weighted by Gasteiger charge is 2.45. The molecule has 0 radical (unpaired) electrons. The molecule has 0 heterocycles. The summed E-state index contributed by atoms with van der Waals surface area (Å²) >= 11 is 1.77. The van der Waals surface area contributed by atoms with Gasteiger partial charge in [0.05, 0.1) is 5.60 Å². The minimum Gasteiger partial charge on any atom is -0.387 e. The molecule has 1 rings (SSSR count). The maximum Gasteiger partial charge on any atom is 0.244 e. The molecule has 1 fully saturated rings. The Hall–Kier alpha value is -0.740. The van der Waals surface area contributed by atoms with Gasteiger partial charge in [0.1, 0.15) is 0 Å². The summed E-state index contributed by atoms with van der Waals surface area (Å²) in [6.07, 6.45) is 8.65. The number of thioether (sulfide) groups is 1. The van der Waals surface area contributed by atoms with Gasteiger partial charge in [-0.05, 0) is 25.5 Å². The van der Waals surface area contributed by atoms with Crippen molar-refractivity contribution in [3.8, 4) is 0 Å². The largest absolute Gasteiger partial charge is 0.387 e. The molecule has 1 aliphatic carbocycles. The van der Waals surface area contributed by atoms with Gasteiger partial charge in [0.25, 0.3) is 0 Å². The molecule has 0 bridgehead atoms. The van der Waals surface area contributed by atoms with Crippen LogP contribution in [0.4, 0.5) is 0 Å². The number of rotatable bonds is 6. The molecular formula is C13H21NO2S. The first-order valence-electron chi connectivity index (χ1n) is 6.03. The molecule has 0 aromatic rings. The van der Waals surface area contributed by atoms with Crippen LogP contribution < -0.4 is 5.32 Å². The zero-order chi connectivity index (χ0) is 12.7. The standard InChI is InChI=1S/C13H21NO2S/c1-3-5-6-7-12(15)14-10-13(16)9-8-11(13)17-4-2/h3,5-7,11,16H,4,8-10H2,1-2H3,(H,14,15)/b5-3?,7-6+. The lowest BCUT2D eigenvalue weighted by atomic mass is 9.79. The Balaban J connectivity index is 2.32. The van der Waals surface area contributed by atoms with Gasteiger partial charge in [-0.3, -0.25) is 4.79 Å². The van der Waals surface area contributed by atoms with Gasteiger partial charge in [-0.2, -0.15) is 11.8 Å². The lowest BCUT2D eigenvalue weighted by molar-refractivity contribution is -0.118. The van der Waals surface area contributed by atoms with Gasteiger partial charge in [-0.1, -0.05) is 25.2 Å². The van der Waals surface area contributed by atoms with E-state index >= 15 is 0 Å². The zero-order valence-corrected chi connectivity index (χ0v) is 11.3. The predicted molar refractivity (Wildman–Crippen MR) is 73.1 cm³/mol. The molecule has 1 aliphatic rings. The lowest BCUT2D eigenvalue weighted by Gasteiger charge is -2.44. The summed E-state index contributed by atoms with van der Waals surface area (Å²) in [4.78, 5) is 11.4. The third kappa shape index (κ3) is 4.21. The Labute approximate surface area is 107 Å². The van der Waals surface area contributed by atoms with Crippen molar-refractivity contribution in [3.05, 3.63) is 24.3 Å². The molecule has 0 saturated heterocycles. The number of allylic oxidation sites excluding steroid dienone is 3. The van der Waals surface area contributed by atoms with E-state index in [-0.39, 0.29) is 11.2 Å². The first-order chi connectivity index (χ1) is 8.12. The summed E-state index contributed by atoms with van der Waals surface area (Å²) in [6.45, 7) is 4.33. The summed E-state index contributed by atoms with van der Waals surface area (Å²) in [6, 6.07) is 0. The molecule has 2 unspecified atom stereocenters. The van der Waals surface area contributed by atoms with Crippen LogP contribution in [0.25, 0.3) is 0 Å². The van der Waals surface area contributed by atoms with E-state index in [1.54, 1.807) is 23.9 Å². The number of hydrogen-bond acceptors (Lipinski definition) is 3. The van der Waals surface area contributed by atoms with Gasteiger partial charge in [0.2, 0.25) is 5.91 Å². The number of amides is 1. The lowest BCUT2D eigenvalue weighted by Crippen LogP contribution is -2.56. The van der Waals surface area contributed by atoms with Crippen molar-refractivity contribution >= 4 is 17.7 Å². The van der Waals surface area contributed by atoms with Crippen LogP contribution in [0.2, 0.25) is 0 Å². The number of carbonyl (C=O) groups excluding carboxylic acids is 1. The van der Waals surface area contributed by atoms with Crippen LogP contribution in [0.3, 0.4) is 0 Å². The van der Waals surface area contributed by atoms with Crippen LogP contribution in [0.1, 0.15) is 26.7 Å². The zero-order valence-electron chi connectivity index (χ0n) is 10.5. The van der Waals surface area contributed by atoms with E-state index in [0.29, 0.717) is 6.54 Å². The van der Waals surface area contributed by atoms with E-state index in [1.807, 2.05) is 13.0 Å². The fourth-order valence-corrected chi connectivity index (χ4v) is 2.99. The van der Waals surface area contributed by atoms with Crippen LogP contribution in [0.5, 0.6) is 0 Å². The van der Waals surface area contributed by atoms with Crippen molar-refractivity contribution in [1.82, 2.24) is 5.32 Å². The average molecular weight is 255 g/mol. The number of nitrogens with one attached hydrogen (secondary N) is 1. The smallest absolute Gasteiger partial charge is 0.244 e. The van der Waals surface area contributed by atoms with E-state index in [4.69, 9.17) is 0 Å². The van der Waals surface area contributed by atoms with E-state index < -0.39 is 5.60 Å². The minimum absolute atomic E-state index is 0.149. The highest BCUT2D eigenvalue weighted by molar-refractivity contribution is 8.00.